The fraction of sp³-hybridized carbons (Fsp3) is 0.625. The van der Waals surface area contributed by atoms with Gasteiger partial charge in [-0.25, -0.2) is 0 Å². The van der Waals surface area contributed by atoms with Crippen molar-refractivity contribution in [3.8, 4) is 0 Å². The van der Waals surface area contributed by atoms with Crippen molar-refractivity contribution in [2.75, 3.05) is 5.75 Å². The molecule has 0 bridgehead atoms. The molecule has 0 aliphatic heterocycles. The van der Waals surface area contributed by atoms with E-state index in [2.05, 4.69) is 48.4 Å². The first-order valence-electron chi connectivity index (χ1n) is 7.50. The van der Waals surface area contributed by atoms with E-state index >= 15 is 0 Å². The molecular weight excluding hydrogens is 252 g/mol. The van der Waals surface area contributed by atoms with Crippen molar-refractivity contribution in [3.05, 3.63) is 35.4 Å². The monoisotopic (exact) mass is 278 g/mol. The van der Waals surface area contributed by atoms with Crippen molar-refractivity contribution in [2.45, 2.75) is 56.7 Å². The van der Waals surface area contributed by atoms with Crippen molar-refractivity contribution >= 4 is 11.8 Å². The van der Waals surface area contributed by atoms with E-state index in [4.69, 9.17) is 5.84 Å². The summed E-state index contributed by atoms with van der Waals surface area (Å²) in [4.78, 5) is 0. The summed E-state index contributed by atoms with van der Waals surface area (Å²) in [5.74, 6) is 6.83. The minimum absolute atomic E-state index is 0.276. The Bertz CT molecular complexity index is 375. The molecule has 3 heteroatoms. The fourth-order valence-corrected chi connectivity index (χ4v) is 4.15. The molecule has 1 aromatic carbocycles. The first kappa shape index (κ1) is 14.9. The van der Waals surface area contributed by atoms with Gasteiger partial charge in [-0.3, -0.25) is 11.3 Å². The van der Waals surface area contributed by atoms with Gasteiger partial charge in [0.2, 0.25) is 0 Å². The molecule has 1 atom stereocenters. The number of nitrogens with two attached hydrogens (primary N) is 1. The molecule has 2 nitrogen and oxygen atoms in total. The lowest BCUT2D eigenvalue weighted by atomic mass is 10.0. The lowest BCUT2D eigenvalue weighted by Crippen LogP contribution is -2.30. The maximum atomic E-state index is 5.75. The van der Waals surface area contributed by atoms with E-state index in [1.165, 1.54) is 43.2 Å². The standard InChI is InChI=1S/C16H26N2S/c1-2-13-7-6-8-14(11-13)16(18-17)12-19-15-9-4-3-5-10-15/h6-8,11,15-16,18H,2-5,9-10,12,17H2,1H3. The Balaban J connectivity index is 1.91. The summed E-state index contributed by atoms with van der Waals surface area (Å²) in [6.07, 6.45) is 8.09. The Hall–Kier alpha value is -0.510. The number of benzene rings is 1. The van der Waals surface area contributed by atoms with Crippen LogP contribution in [0.25, 0.3) is 0 Å². The summed E-state index contributed by atoms with van der Waals surface area (Å²) >= 11 is 2.10. The first-order valence-corrected chi connectivity index (χ1v) is 8.55. The van der Waals surface area contributed by atoms with Crippen LogP contribution in [0.15, 0.2) is 24.3 Å². The van der Waals surface area contributed by atoms with E-state index in [-0.39, 0.29) is 6.04 Å². The molecule has 0 spiro atoms. The van der Waals surface area contributed by atoms with Gasteiger partial charge >= 0.3 is 0 Å². The number of hydrogen-bond donors (Lipinski definition) is 2. The highest BCUT2D eigenvalue weighted by Gasteiger charge is 2.17. The van der Waals surface area contributed by atoms with Gasteiger partial charge in [0.1, 0.15) is 0 Å². The highest BCUT2D eigenvalue weighted by molar-refractivity contribution is 7.99. The van der Waals surface area contributed by atoms with Crippen molar-refractivity contribution in [2.24, 2.45) is 5.84 Å². The third-order valence-corrected chi connectivity index (χ3v) is 5.48. The van der Waals surface area contributed by atoms with Gasteiger partial charge in [0.15, 0.2) is 0 Å². The van der Waals surface area contributed by atoms with Crippen molar-refractivity contribution < 1.29 is 0 Å². The summed E-state index contributed by atoms with van der Waals surface area (Å²) in [5, 5.41) is 0.846. The summed E-state index contributed by atoms with van der Waals surface area (Å²) < 4.78 is 0. The van der Waals surface area contributed by atoms with Crippen molar-refractivity contribution in [1.82, 2.24) is 5.43 Å². The molecule has 1 unspecified atom stereocenters. The molecule has 19 heavy (non-hydrogen) atoms. The van der Waals surface area contributed by atoms with Crippen molar-refractivity contribution in [1.29, 1.82) is 0 Å². The number of aryl methyl sites for hydroxylation is 1. The predicted octanol–water partition coefficient (Wildman–Crippen LogP) is 3.82. The first-order chi connectivity index (χ1) is 9.33. The van der Waals surface area contributed by atoms with Gasteiger partial charge in [0.05, 0.1) is 6.04 Å². The van der Waals surface area contributed by atoms with Crippen LogP contribution in [-0.4, -0.2) is 11.0 Å². The summed E-state index contributed by atoms with van der Waals surface area (Å²) in [5.41, 5.74) is 5.70. The molecule has 3 N–H and O–H groups in total. The van der Waals surface area contributed by atoms with Crippen LogP contribution in [0, 0.1) is 0 Å². The van der Waals surface area contributed by atoms with Gasteiger partial charge in [-0.1, -0.05) is 50.5 Å². The van der Waals surface area contributed by atoms with E-state index < -0.39 is 0 Å². The molecule has 2 rings (SSSR count). The fourth-order valence-electron chi connectivity index (χ4n) is 2.73. The minimum Gasteiger partial charge on any atom is -0.271 e. The lowest BCUT2D eigenvalue weighted by molar-refractivity contribution is 0.514. The van der Waals surface area contributed by atoms with E-state index in [1.807, 2.05) is 0 Å². The Labute approximate surface area is 121 Å². The molecule has 0 heterocycles. The molecule has 106 valence electrons. The van der Waals surface area contributed by atoms with Gasteiger partial charge in [0, 0.05) is 11.0 Å². The smallest absolute Gasteiger partial charge is 0.0550 e. The topological polar surface area (TPSA) is 38.0 Å². The average Bonchev–Trinajstić information content (AvgIpc) is 2.49. The van der Waals surface area contributed by atoms with Crippen LogP contribution in [0.2, 0.25) is 0 Å². The number of nitrogens with one attached hydrogen (secondary N) is 1. The van der Waals surface area contributed by atoms with Crippen LogP contribution in [0.3, 0.4) is 0 Å². The molecule has 1 saturated carbocycles. The quantitative estimate of drug-likeness (QED) is 0.613. The third-order valence-electron chi connectivity index (χ3n) is 4.01. The largest absolute Gasteiger partial charge is 0.271 e. The van der Waals surface area contributed by atoms with E-state index in [9.17, 15) is 0 Å². The van der Waals surface area contributed by atoms with Gasteiger partial charge < -0.3 is 0 Å². The van der Waals surface area contributed by atoms with E-state index in [0.717, 1.165) is 17.4 Å². The number of hydrogen-bond acceptors (Lipinski definition) is 3. The van der Waals surface area contributed by atoms with Crippen LogP contribution < -0.4 is 11.3 Å². The molecule has 0 radical (unpaired) electrons. The highest BCUT2D eigenvalue weighted by atomic mass is 32.2. The second-order valence-electron chi connectivity index (χ2n) is 5.41. The molecule has 1 aromatic rings. The van der Waals surface area contributed by atoms with Crippen LogP contribution >= 0.6 is 11.8 Å². The molecule has 1 fully saturated rings. The number of thioether (sulfide) groups is 1. The second-order valence-corrected chi connectivity index (χ2v) is 6.74. The predicted molar refractivity (Wildman–Crippen MR) is 85.2 cm³/mol. The van der Waals surface area contributed by atoms with Gasteiger partial charge in [0.25, 0.3) is 0 Å². The summed E-state index contributed by atoms with van der Waals surface area (Å²) in [6, 6.07) is 9.07. The average molecular weight is 278 g/mol. The van der Waals surface area contributed by atoms with Crippen LogP contribution in [0.1, 0.15) is 56.2 Å². The lowest BCUT2D eigenvalue weighted by Gasteiger charge is -2.24. The molecule has 0 aromatic heterocycles. The van der Waals surface area contributed by atoms with Gasteiger partial charge in [-0.15, -0.1) is 0 Å². The maximum absolute atomic E-state index is 5.75. The van der Waals surface area contributed by atoms with E-state index in [1.54, 1.807) is 0 Å². The molecule has 1 aliphatic carbocycles. The SMILES string of the molecule is CCc1cccc(C(CSC2CCCCC2)NN)c1. The minimum atomic E-state index is 0.276. The summed E-state index contributed by atoms with van der Waals surface area (Å²) in [6.45, 7) is 2.20. The van der Waals surface area contributed by atoms with Crippen LogP contribution in [0.5, 0.6) is 0 Å². The number of hydrazine groups is 1. The molecular formula is C16H26N2S. The Morgan fingerprint density at radius 1 is 1.32 bits per heavy atom. The number of rotatable bonds is 6. The Morgan fingerprint density at radius 2 is 2.11 bits per heavy atom. The third kappa shape index (κ3) is 4.51. The zero-order valence-electron chi connectivity index (χ0n) is 11.9. The maximum Gasteiger partial charge on any atom is 0.0550 e. The van der Waals surface area contributed by atoms with Crippen LogP contribution in [0.4, 0.5) is 0 Å². The van der Waals surface area contributed by atoms with Crippen LogP contribution in [-0.2, 0) is 6.42 Å². The highest BCUT2D eigenvalue weighted by Crippen LogP contribution is 2.31. The summed E-state index contributed by atoms with van der Waals surface area (Å²) in [7, 11) is 0. The normalized spacial score (nSPS) is 18.4. The van der Waals surface area contributed by atoms with Gasteiger partial charge in [-0.2, -0.15) is 11.8 Å². The molecule has 0 saturated heterocycles. The van der Waals surface area contributed by atoms with Gasteiger partial charge in [-0.05, 0) is 30.4 Å². The second kappa shape index (κ2) is 7.93. The molecule has 0 amide bonds. The van der Waals surface area contributed by atoms with E-state index in [0.29, 0.717) is 0 Å². The zero-order valence-corrected chi connectivity index (χ0v) is 12.7. The molecule has 1 aliphatic rings. The zero-order chi connectivity index (χ0) is 13.5. The Kier molecular flexibility index (Phi) is 6.21. The van der Waals surface area contributed by atoms with Crippen molar-refractivity contribution in [3.63, 3.8) is 0 Å². The Morgan fingerprint density at radius 3 is 2.79 bits per heavy atom.